The van der Waals surface area contributed by atoms with Gasteiger partial charge in [0.1, 0.15) is 0 Å². The monoisotopic (exact) mass is 359 g/mol. The number of pyridine rings is 1. The first-order valence-electron chi connectivity index (χ1n) is 9.30. The fraction of sp³-hybridized carbons (Fsp3) is 0.632. The van der Waals surface area contributed by atoms with Gasteiger partial charge in [-0.2, -0.15) is 0 Å². The summed E-state index contributed by atoms with van der Waals surface area (Å²) in [5.74, 6) is 0.697. The summed E-state index contributed by atoms with van der Waals surface area (Å²) in [6, 6.07) is 0.739. The number of rotatable bonds is 5. The number of fused-ring (bicyclic) bond motifs is 1. The molecule has 2 atom stereocenters. The van der Waals surface area contributed by atoms with E-state index in [4.69, 9.17) is 4.74 Å². The van der Waals surface area contributed by atoms with Crippen molar-refractivity contribution in [1.82, 2.24) is 25.4 Å². The zero-order valence-corrected chi connectivity index (χ0v) is 16.3. The Morgan fingerprint density at radius 2 is 2.19 bits per heavy atom. The van der Waals surface area contributed by atoms with Crippen LogP contribution in [0, 0.1) is 13.8 Å². The Morgan fingerprint density at radius 3 is 2.88 bits per heavy atom. The van der Waals surface area contributed by atoms with Gasteiger partial charge in [-0.1, -0.05) is 0 Å². The van der Waals surface area contributed by atoms with Crippen molar-refractivity contribution in [2.45, 2.75) is 58.5 Å². The molecular formula is C19H29N5O2. The van der Waals surface area contributed by atoms with Crippen molar-refractivity contribution >= 4 is 16.9 Å². The van der Waals surface area contributed by atoms with Crippen molar-refractivity contribution in [2.24, 2.45) is 7.05 Å². The predicted octanol–water partition coefficient (Wildman–Crippen LogP) is 1.78. The van der Waals surface area contributed by atoms with Crippen LogP contribution < -0.4 is 15.4 Å². The summed E-state index contributed by atoms with van der Waals surface area (Å²) in [5.41, 5.74) is 3.97. The normalized spacial score (nSPS) is 20.3. The van der Waals surface area contributed by atoms with Crippen molar-refractivity contribution < 1.29 is 9.53 Å². The molecule has 2 unspecified atom stereocenters. The third kappa shape index (κ3) is 3.67. The SMILES string of the molecule is COc1nn(C)c2nc(C)c(CCC(=O)NC3CCNC(C)C3)c(C)c12. The number of aryl methyl sites for hydroxylation is 3. The van der Waals surface area contributed by atoms with Gasteiger partial charge in [-0.05, 0) is 57.7 Å². The molecule has 1 aliphatic rings. The van der Waals surface area contributed by atoms with Crippen LogP contribution in [0.2, 0.25) is 0 Å². The molecule has 2 N–H and O–H groups in total. The van der Waals surface area contributed by atoms with Crippen molar-refractivity contribution in [3.05, 3.63) is 16.8 Å². The molecule has 2 aromatic rings. The van der Waals surface area contributed by atoms with Gasteiger partial charge >= 0.3 is 0 Å². The highest BCUT2D eigenvalue weighted by Crippen LogP contribution is 2.30. The van der Waals surface area contributed by atoms with E-state index in [2.05, 4.69) is 34.6 Å². The maximum absolute atomic E-state index is 12.4. The van der Waals surface area contributed by atoms with Crippen molar-refractivity contribution in [3.63, 3.8) is 0 Å². The minimum Gasteiger partial charge on any atom is -0.479 e. The molecule has 1 saturated heterocycles. The standard InChI is InChI=1S/C19H29N5O2/c1-11-10-14(8-9-20-11)22-16(25)7-6-15-12(2)17-18(21-13(15)3)24(4)23-19(17)26-5/h11,14,20H,6-10H2,1-5H3,(H,22,25). The number of nitrogens with zero attached hydrogens (tertiary/aromatic N) is 3. The Hall–Kier alpha value is -2.15. The van der Waals surface area contributed by atoms with Gasteiger partial charge < -0.3 is 15.4 Å². The molecule has 0 spiro atoms. The molecule has 2 aromatic heterocycles. The van der Waals surface area contributed by atoms with Gasteiger partial charge in [-0.15, -0.1) is 5.10 Å². The highest BCUT2D eigenvalue weighted by Gasteiger charge is 2.21. The van der Waals surface area contributed by atoms with E-state index in [9.17, 15) is 4.79 Å². The molecule has 0 radical (unpaired) electrons. The number of aromatic nitrogens is 3. The zero-order chi connectivity index (χ0) is 18.8. The molecule has 1 aliphatic heterocycles. The Bertz CT molecular complexity index is 814. The number of hydrogen-bond acceptors (Lipinski definition) is 5. The van der Waals surface area contributed by atoms with E-state index < -0.39 is 0 Å². The van der Waals surface area contributed by atoms with Gasteiger partial charge in [-0.25, -0.2) is 9.67 Å². The van der Waals surface area contributed by atoms with E-state index >= 15 is 0 Å². The van der Waals surface area contributed by atoms with Gasteiger partial charge in [0, 0.05) is 31.2 Å². The average Bonchev–Trinajstić information content (AvgIpc) is 2.90. The number of carbonyl (C=O) groups excluding carboxylic acids is 1. The molecule has 0 bridgehead atoms. The minimum absolute atomic E-state index is 0.112. The van der Waals surface area contributed by atoms with Crippen LogP contribution >= 0.6 is 0 Å². The summed E-state index contributed by atoms with van der Waals surface area (Å²) >= 11 is 0. The van der Waals surface area contributed by atoms with E-state index in [1.807, 2.05) is 14.0 Å². The molecular weight excluding hydrogens is 330 g/mol. The van der Waals surface area contributed by atoms with E-state index in [1.54, 1.807) is 11.8 Å². The predicted molar refractivity (Wildman–Crippen MR) is 101 cm³/mol. The number of ether oxygens (including phenoxy) is 1. The third-order valence-corrected chi connectivity index (χ3v) is 5.31. The average molecular weight is 359 g/mol. The molecule has 1 fully saturated rings. The topological polar surface area (TPSA) is 81.1 Å². The maximum atomic E-state index is 12.4. The molecule has 1 amide bonds. The zero-order valence-electron chi connectivity index (χ0n) is 16.3. The van der Waals surface area contributed by atoms with Crippen LogP contribution in [0.3, 0.4) is 0 Å². The van der Waals surface area contributed by atoms with Crippen LogP contribution in [0.5, 0.6) is 5.88 Å². The lowest BCUT2D eigenvalue weighted by Gasteiger charge is -2.28. The Balaban J connectivity index is 1.73. The number of hydrogen-bond donors (Lipinski definition) is 2. The summed E-state index contributed by atoms with van der Waals surface area (Å²) in [5, 5.41) is 11.9. The van der Waals surface area contributed by atoms with Crippen molar-refractivity contribution in [2.75, 3.05) is 13.7 Å². The van der Waals surface area contributed by atoms with Crippen molar-refractivity contribution in [3.8, 4) is 5.88 Å². The highest BCUT2D eigenvalue weighted by molar-refractivity contribution is 5.86. The second kappa shape index (κ2) is 7.61. The van der Waals surface area contributed by atoms with Crippen LogP contribution in [0.1, 0.15) is 43.0 Å². The van der Waals surface area contributed by atoms with E-state index in [-0.39, 0.29) is 11.9 Å². The van der Waals surface area contributed by atoms with Gasteiger partial charge in [-0.3, -0.25) is 4.79 Å². The number of amides is 1. The largest absolute Gasteiger partial charge is 0.479 e. The van der Waals surface area contributed by atoms with E-state index in [0.29, 0.717) is 24.8 Å². The molecule has 142 valence electrons. The molecule has 0 aromatic carbocycles. The summed E-state index contributed by atoms with van der Waals surface area (Å²) < 4.78 is 7.14. The number of carbonyl (C=O) groups is 1. The summed E-state index contributed by atoms with van der Waals surface area (Å²) in [7, 11) is 3.48. The minimum atomic E-state index is 0.112. The molecule has 7 nitrogen and oxygen atoms in total. The summed E-state index contributed by atoms with van der Waals surface area (Å²) in [4.78, 5) is 17.1. The number of nitrogens with one attached hydrogen (secondary N) is 2. The van der Waals surface area contributed by atoms with Crippen LogP contribution in [0.4, 0.5) is 0 Å². The molecule has 0 aliphatic carbocycles. The van der Waals surface area contributed by atoms with Gasteiger partial charge in [0.25, 0.3) is 0 Å². The fourth-order valence-electron chi connectivity index (χ4n) is 3.91. The Labute approximate surface area is 154 Å². The van der Waals surface area contributed by atoms with E-state index in [0.717, 1.165) is 47.2 Å². The molecule has 26 heavy (non-hydrogen) atoms. The number of methoxy groups -OCH3 is 1. The Morgan fingerprint density at radius 1 is 1.42 bits per heavy atom. The molecule has 7 heteroatoms. The first-order valence-corrected chi connectivity index (χ1v) is 9.30. The quantitative estimate of drug-likeness (QED) is 0.851. The second-order valence-electron chi connectivity index (χ2n) is 7.28. The summed E-state index contributed by atoms with van der Waals surface area (Å²) in [6.07, 6.45) is 3.12. The maximum Gasteiger partial charge on any atom is 0.242 e. The van der Waals surface area contributed by atoms with Crippen LogP contribution in [0.15, 0.2) is 0 Å². The number of piperidine rings is 1. The molecule has 3 heterocycles. The summed E-state index contributed by atoms with van der Waals surface area (Å²) in [6.45, 7) is 7.18. The Kier molecular flexibility index (Phi) is 5.46. The van der Waals surface area contributed by atoms with Crippen LogP contribution in [0.25, 0.3) is 11.0 Å². The van der Waals surface area contributed by atoms with Gasteiger partial charge in [0.2, 0.25) is 11.8 Å². The molecule has 0 saturated carbocycles. The second-order valence-corrected chi connectivity index (χ2v) is 7.28. The lowest BCUT2D eigenvalue weighted by atomic mass is 9.98. The fourth-order valence-corrected chi connectivity index (χ4v) is 3.91. The lowest BCUT2D eigenvalue weighted by molar-refractivity contribution is -0.122. The van der Waals surface area contributed by atoms with Crippen LogP contribution in [-0.2, 0) is 18.3 Å². The lowest BCUT2D eigenvalue weighted by Crippen LogP contribution is -2.46. The first-order chi connectivity index (χ1) is 12.4. The van der Waals surface area contributed by atoms with E-state index in [1.165, 1.54) is 0 Å². The van der Waals surface area contributed by atoms with Gasteiger partial charge in [0.15, 0.2) is 5.65 Å². The smallest absolute Gasteiger partial charge is 0.242 e. The first kappa shape index (κ1) is 18.6. The highest BCUT2D eigenvalue weighted by atomic mass is 16.5. The van der Waals surface area contributed by atoms with Gasteiger partial charge in [0.05, 0.1) is 12.5 Å². The van der Waals surface area contributed by atoms with Crippen molar-refractivity contribution in [1.29, 1.82) is 0 Å². The molecule has 3 rings (SSSR count). The van der Waals surface area contributed by atoms with Crippen LogP contribution in [-0.4, -0.2) is 46.4 Å². The third-order valence-electron chi connectivity index (χ3n) is 5.31.